The Bertz CT molecular complexity index is 274. The third kappa shape index (κ3) is 1.50. The molecule has 0 aliphatic heterocycles. The zero-order valence-electron chi connectivity index (χ0n) is 5.73. The van der Waals surface area contributed by atoms with E-state index in [1.807, 2.05) is 0 Å². The third-order valence-corrected chi connectivity index (χ3v) is 1.26. The molecular weight excluding hydrogens is 146 g/mol. The van der Waals surface area contributed by atoms with Crippen LogP contribution in [0.1, 0.15) is 5.69 Å². The Hall–Kier alpha value is -1.49. The molecule has 1 aromatic rings. The van der Waals surface area contributed by atoms with Gasteiger partial charge in [0.2, 0.25) is 0 Å². The summed E-state index contributed by atoms with van der Waals surface area (Å²) in [6.45, 7) is 0.0944. The lowest BCUT2D eigenvalue weighted by molar-refractivity contribution is -0.385. The number of nitrogens with zero attached hydrogens (tertiary/aromatic N) is 2. The van der Waals surface area contributed by atoms with Crippen LogP contribution < -0.4 is 5.73 Å². The third-order valence-electron chi connectivity index (χ3n) is 1.26. The van der Waals surface area contributed by atoms with Crippen LogP contribution >= 0.6 is 0 Å². The minimum absolute atomic E-state index is 0.0185. The molecule has 0 aliphatic rings. The summed E-state index contributed by atoms with van der Waals surface area (Å²) in [7, 11) is 0. The Morgan fingerprint density at radius 1 is 1.73 bits per heavy atom. The summed E-state index contributed by atoms with van der Waals surface area (Å²) >= 11 is 0. The molecule has 1 rings (SSSR count). The second-order valence-corrected chi connectivity index (χ2v) is 1.93. The summed E-state index contributed by atoms with van der Waals surface area (Å²) in [5.74, 6) is 0. The fourth-order valence-electron chi connectivity index (χ4n) is 0.753. The van der Waals surface area contributed by atoms with Gasteiger partial charge in [0.05, 0.1) is 4.92 Å². The van der Waals surface area contributed by atoms with Crippen molar-refractivity contribution in [1.82, 2.24) is 4.98 Å². The summed E-state index contributed by atoms with van der Waals surface area (Å²) in [5.41, 5.74) is 5.52. The van der Waals surface area contributed by atoms with E-state index in [1.165, 1.54) is 18.3 Å². The van der Waals surface area contributed by atoms with E-state index in [9.17, 15) is 10.1 Å². The Labute approximate surface area is 63.0 Å². The second kappa shape index (κ2) is 3.07. The average molecular weight is 153 g/mol. The maximum Gasteiger partial charge on any atom is 0.292 e. The van der Waals surface area contributed by atoms with Gasteiger partial charge in [0.1, 0.15) is 5.69 Å². The van der Waals surface area contributed by atoms with E-state index < -0.39 is 4.92 Å². The molecule has 0 spiro atoms. The van der Waals surface area contributed by atoms with Gasteiger partial charge >= 0.3 is 0 Å². The first kappa shape index (κ1) is 7.62. The Morgan fingerprint density at radius 2 is 2.45 bits per heavy atom. The van der Waals surface area contributed by atoms with Gasteiger partial charge in [-0.25, -0.2) is 0 Å². The van der Waals surface area contributed by atoms with Crippen LogP contribution in [0.25, 0.3) is 0 Å². The van der Waals surface area contributed by atoms with Crippen molar-refractivity contribution in [3.8, 4) is 0 Å². The van der Waals surface area contributed by atoms with Crippen LogP contribution in [-0.4, -0.2) is 9.91 Å². The molecule has 1 heterocycles. The Balaban J connectivity index is 3.12. The van der Waals surface area contributed by atoms with E-state index in [1.54, 1.807) is 0 Å². The van der Waals surface area contributed by atoms with E-state index in [0.29, 0.717) is 5.69 Å². The summed E-state index contributed by atoms with van der Waals surface area (Å²) in [6, 6.07) is 2.90. The van der Waals surface area contributed by atoms with E-state index in [2.05, 4.69) is 4.98 Å². The fraction of sp³-hybridized carbons (Fsp3) is 0.167. The molecule has 5 heteroatoms. The maximum atomic E-state index is 10.3. The molecule has 0 saturated carbocycles. The van der Waals surface area contributed by atoms with Gasteiger partial charge in [-0.05, 0) is 6.07 Å². The van der Waals surface area contributed by atoms with Gasteiger partial charge in [-0.3, -0.25) is 15.1 Å². The lowest BCUT2D eigenvalue weighted by Crippen LogP contribution is -2.03. The molecule has 0 radical (unpaired) electrons. The highest BCUT2D eigenvalue weighted by Crippen LogP contribution is 2.13. The van der Waals surface area contributed by atoms with Gasteiger partial charge in [0, 0.05) is 18.8 Å². The van der Waals surface area contributed by atoms with Crippen LogP contribution in [0.5, 0.6) is 0 Å². The molecule has 0 bridgehead atoms. The molecule has 0 aliphatic carbocycles. The smallest absolute Gasteiger partial charge is 0.292 e. The molecule has 11 heavy (non-hydrogen) atoms. The van der Waals surface area contributed by atoms with Crippen molar-refractivity contribution in [2.45, 2.75) is 6.54 Å². The molecule has 2 N–H and O–H groups in total. The molecule has 0 saturated heterocycles. The Kier molecular flexibility index (Phi) is 2.12. The van der Waals surface area contributed by atoms with Crippen LogP contribution in [0.15, 0.2) is 18.3 Å². The number of hydrogen-bond acceptors (Lipinski definition) is 4. The van der Waals surface area contributed by atoms with Gasteiger partial charge in [-0.2, -0.15) is 0 Å². The summed E-state index contributed by atoms with van der Waals surface area (Å²) < 4.78 is 0. The normalized spacial score (nSPS) is 9.55. The number of nitrogens with two attached hydrogens (primary N) is 1. The zero-order chi connectivity index (χ0) is 8.27. The fourth-order valence-corrected chi connectivity index (χ4v) is 0.753. The lowest BCUT2D eigenvalue weighted by Gasteiger charge is -1.95. The first-order valence-corrected chi connectivity index (χ1v) is 3.04. The predicted octanol–water partition coefficient (Wildman–Crippen LogP) is 0.448. The highest BCUT2D eigenvalue weighted by atomic mass is 16.6. The summed E-state index contributed by atoms with van der Waals surface area (Å²) in [5, 5.41) is 10.3. The first-order chi connectivity index (χ1) is 5.25. The number of aromatic nitrogens is 1. The molecule has 58 valence electrons. The number of hydrogen-bond donors (Lipinski definition) is 1. The van der Waals surface area contributed by atoms with E-state index in [0.717, 1.165) is 0 Å². The number of rotatable bonds is 2. The van der Waals surface area contributed by atoms with Gasteiger partial charge in [0.15, 0.2) is 0 Å². The zero-order valence-corrected chi connectivity index (χ0v) is 5.73. The topological polar surface area (TPSA) is 82.0 Å². The maximum absolute atomic E-state index is 10.3. The highest BCUT2D eigenvalue weighted by Gasteiger charge is 2.10. The van der Waals surface area contributed by atoms with E-state index in [4.69, 9.17) is 5.73 Å². The number of pyridine rings is 1. The largest absolute Gasteiger partial charge is 0.325 e. The van der Waals surface area contributed by atoms with Crippen molar-refractivity contribution in [3.05, 3.63) is 34.1 Å². The van der Waals surface area contributed by atoms with Crippen LogP contribution in [0.4, 0.5) is 5.69 Å². The number of nitro groups is 1. The minimum Gasteiger partial charge on any atom is -0.325 e. The van der Waals surface area contributed by atoms with Crippen LogP contribution in [0.3, 0.4) is 0 Å². The van der Waals surface area contributed by atoms with Crippen molar-refractivity contribution in [2.75, 3.05) is 0 Å². The van der Waals surface area contributed by atoms with Crippen LogP contribution in [0, 0.1) is 10.1 Å². The predicted molar refractivity (Wildman–Crippen MR) is 38.8 cm³/mol. The van der Waals surface area contributed by atoms with Crippen molar-refractivity contribution < 1.29 is 4.92 Å². The second-order valence-electron chi connectivity index (χ2n) is 1.93. The molecular formula is C6H7N3O2. The van der Waals surface area contributed by atoms with Crippen molar-refractivity contribution in [2.24, 2.45) is 5.73 Å². The molecule has 0 aromatic carbocycles. The molecule has 0 atom stereocenters. The van der Waals surface area contributed by atoms with Crippen molar-refractivity contribution in [3.63, 3.8) is 0 Å². The minimum atomic E-state index is -0.491. The lowest BCUT2D eigenvalue weighted by atomic mass is 10.3. The van der Waals surface area contributed by atoms with Crippen LogP contribution in [0.2, 0.25) is 0 Å². The quantitative estimate of drug-likeness (QED) is 0.494. The van der Waals surface area contributed by atoms with Crippen molar-refractivity contribution >= 4 is 5.69 Å². The molecule has 0 unspecified atom stereocenters. The first-order valence-electron chi connectivity index (χ1n) is 3.04. The standard InChI is InChI=1S/C6H7N3O2/c7-4-5-6(9(10)11)2-1-3-8-5/h1-3H,4,7H2. The van der Waals surface area contributed by atoms with Gasteiger partial charge < -0.3 is 5.73 Å². The Morgan fingerprint density at radius 3 is 2.91 bits per heavy atom. The monoisotopic (exact) mass is 153 g/mol. The van der Waals surface area contributed by atoms with Crippen molar-refractivity contribution in [1.29, 1.82) is 0 Å². The summed E-state index contributed by atoms with van der Waals surface area (Å²) in [4.78, 5) is 13.6. The van der Waals surface area contributed by atoms with E-state index in [-0.39, 0.29) is 12.2 Å². The average Bonchev–Trinajstić information content (AvgIpc) is 2.04. The van der Waals surface area contributed by atoms with E-state index >= 15 is 0 Å². The SMILES string of the molecule is NCc1ncccc1[N+](=O)[O-]. The molecule has 0 fully saturated rings. The van der Waals surface area contributed by atoms with Crippen LogP contribution in [-0.2, 0) is 6.54 Å². The summed E-state index contributed by atoms with van der Waals surface area (Å²) in [6.07, 6.45) is 1.48. The molecule has 0 amide bonds. The molecule has 5 nitrogen and oxygen atoms in total. The van der Waals surface area contributed by atoms with Gasteiger partial charge in [-0.15, -0.1) is 0 Å². The molecule has 1 aromatic heterocycles. The highest BCUT2D eigenvalue weighted by molar-refractivity contribution is 5.33. The van der Waals surface area contributed by atoms with Gasteiger partial charge in [-0.1, -0.05) is 0 Å². The van der Waals surface area contributed by atoms with Gasteiger partial charge in [0.25, 0.3) is 5.69 Å².